The maximum absolute atomic E-state index is 5.92. The van der Waals surface area contributed by atoms with Crippen LogP contribution < -0.4 is 15.8 Å². The number of nitrogens with two attached hydrogens (primary N) is 1. The van der Waals surface area contributed by atoms with E-state index in [4.69, 9.17) is 15.2 Å². The minimum Gasteiger partial charge on any atom is -0.494 e. The van der Waals surface area contributed by atoms with Gasteiger partial charge in [-0.2, -0.15) is 0 Å². The topological polar surface area (TPSA) is 56.5 Å². The first-order valence-electron chi connectivity index (χ1n) is 7.10. The number of nitrogens with one attached hydrogen (secondary N) is 1. The molecule has 2 aromatic carbocycles. The van der Waals surface area contributed by atoms with Crippen LogP contribution in [-0.2, 0) is 11.2 Å². The van der Waals surface area contributed by atoms with Crippen LogP contribution >= 0.6 is 0 Å². The fourth-order valence-electron chi connectivity index (χ4n) is 2.17. The maximum Gasteiger partial charge on any atom is 0.123 e. The van der Waals surface area contributed by atoms with Gasteiger partial charge in [-0.25, -0.2) is 0 Å². The highest BCUT2D eigenvalue weighted by Crippen LogP contribution is 2.27. The normalized spacial score (nSPS) is 10.4. The molecule has 0 aliphatic carbocycles. The van der Waals surface area contributed by atoms with Gasteiger partial charge in [0.05, 0.1) is 13.2 Å². The minimum atomic E-state index is 0.618. The Labute approximate surface area is 125 Å². The van der Waals surface area contributed by atoms with Crippen molar-refractivity contribution in [1.29, 1.82) is 0 Å². The quantitative estimate of drug-likeness (QED) is 0.764. The van der Waals surface area contributed by atoms with E-state index < -0.39 is 0 Å². The molecule has 4 nitrogen and oxygen atoms in total. The second-order valence-corrected chi connectivity index (χ2v) is 4.75. The van der Waals surface area contributed by atoms with Gasteiger partial charge >= 0.3 is 0 Å². The second-order valence-electron chi connectivity index (χ2n) is 4.75. The molecule has 0 atom stereocenters. The van der Waals surface area contributed by atoms with Gasteiger partial charge in [0, 0.05) is 36.3 Å². The highest BCUT2D eigenvalue weighted by atomic mass is 16.5. The molecule has 0 fully saturated rings. The Balaban J connectivity index is 2.21. The molecule has 21 heavy (non-hydrogen) atoms. The summed E-state index contributed by atoms with van der Waals surface area (Å²) in [5, 5.41) is 3.41. The molecule has 0 saturated heterocycles. The van der Waals surface area contributed by atoms with Crippen molar-refractivity contribution in [2.45, 2.75) is 13.3 Å². The Morgan fingerprint density at radius 1 is 1.14 bits per heavy atom. The van der Waals surface area contributed by atoms with E-state index in [0.717, 1.165) is 23.5 Å². The zero-order valence-corrected chi connectivity index (χ0v) is 12.6. The van der Waals surface area contributed by atoms with Gasteiger partial charge in [0.15, 0.2) is 0 Å². The zero-order chi connectivity index (χ0) is 15.1. The molecule has 0 heterocycles. The molecule has 0 aliphatic heterocycles. The molecular weight excluding hydrogens is 264 g/mol. The summed E-state index contributed by atoms with van der Waals surface area (Å²) < 4.78 is 10.7. The van der Waals surface area contributed by atoms with E-state index in [1.165, 1.54) is 5.56 Å². The van der Waals surface area contributed by atoms with Crippen molar-refractivity contribution in [3.8, 4) is 5.75 Å². The lowest BCUT2D eigenvalue weighted by atomic mass is 10.1. The summed E-state index contributed by atoms with van der Waals surface area (Å²) in [4.78, 5) is 0. The summed E-state index contributed by atoms with van der Waals surface area (Å²) in [6.07, 6.45) is 0.861. The van der Waals surface area contributed by atoms with E-state index in [0.29, 0.717) is 18.9 Å². The SMILES string of the molecule is CCOc1cc(N)cc(Nc2ccccc2CCOC)c1. The average Bonchev–Trinajstić information content (AvgIpc) is 2.46. The Kier molecular flexibility index (Phi) is 5.46. The standard InChI is InChI=1S/C17H22N2O2/c1-3-21-16-11-14(18)10-15(12-16)19-17-7-5-4-6-13(17)8-9-20-2/h4-7,10-12,19H,3,8-9,18H2,1-2H3. The van der Waals surface area contributed by atoms with Gasteiger partial charge in [-0.15, -0.1) is 0 Å². The van der Waals surface area contributed by atoms with Gasteiger partial charge < -0.3 is 20.5 Å². The van der Waals surface area contributed by atoms with Crippen LogP contribution in [0.5, 0.6) is 5.75 Å². The van der Waals surface area contributed by atoms with Gasteiger partial charge in [0.1, 0.15) is 5.75 Å². The monoisotopic (exact) mass is 286 g/mol. The largest absolute Gasteiger partial charge is 0.494 e. The first-order valence-corrected chi connectivity index (χ1v) is 7.10. The Hall–Kier alpha value is -2.20. The summed E-state index contributed by atoms with van der Waals surface area (Å²) in [6.45, 7) is 3.27. The second kappa shape index (κ2) is 7.55. The smallest absolute Gasteiger partial charge is 0.123 e. The molecule has 0 spiro atoms. The maximum atomic E-state index is 5.92. The third kappa shape index (κ3) is 4.39. The van der Waals surface area contributed by atoms with Crippen molar-refractivity contribution in [3.05, 3.63) is 48.0 Å². The van der Waals surface area contributed by atoms with Gasteiger partial charge in [0.2, 0.25) is 0 Å². The van der Waals surface area contributed by atoms with Crippen molar-refractivity contribution in [1.82, 2.24) is 0 Å². The summed E-state index contributed by atoms with van der Waals surface area (Å²) in [5.41, 5.74) is 9.79. The molecule has 112 valence electrons. The number of nitrogen functional groups attached to an aromatic ring is 1. The highest BCUT2D eigenvalue weighted by molar-refractivity contribution is 5.68. The van der Waals surface area contributed by atoms with Crippen LogP contribution in [0, 0.1) is 0 Å². The van der Waals surface area contributed by atoms with Gasteiger partial charge in [-0.1, -0.05) is 18.2 Å². The molecule has 0 aromatic heterocycles. The molecular formula is C17H22N2O2. The van der Waals surface area contributed by atoms with Crippen molar-refractivity contribution in [3.63, 3.8) is 0 Å². The molecule has 0 bridgehead atoms. The fourth-order valence-corrected chi connectivity index (χ4v) is 2.17. The number of para-hydroxylation sites is 1. The van der Waals surface area contributed by atoms with Crippen molar-refractivity contribution in [2.75, 3.05) is 31.4 Å². The highest BCUT2D eigenvalue weighted by Gasteiger charge is 2.04. The lowest BCUT2D eigenvalue weighted by Crippen LogP contribution is -2.01. The van der Waals surface area contributed by atoms with E-state index in [1.54, 1.807) is 7.11 Å². The minimum absolute atomic E-state index is 0.618. The van der Waals surface area contributed by atoms with Crippen LogP contribution in [0.2, 0.25) is 0 Å². The summed E-state index contributed by atoms with van der Waals surface area (Å²) >= 11 is 0. The van der Waals surface area contributed by atoms with Crippen LogP contribution in [0.25, 0.3) is 0 Å². The predicted molar refractivity (Wildman–Crippen MR) is 87.3 cm³/mol. The van der Waals surface area contributed by atoms with E-state index in [1.807, 2.05) is 37.3 Å². The molecule has 0 radical (unpaired) electrons. The van der Waals surface area contributed by atoms with Crippen LogP contribution in [0.15, 0.2) is 42.5 Å². The van der Waals surface area contributed by atoms with Gasteiger partial charge in [-0.05, 0) is 31.0 Å². The number of rotatable bonds is 7. The third-order valence-electron chi connectivity index (χ3n) is 3.11. The molecule has 2 aromatic rings. The summed E-state index contributed by atoms with van der Waals surface area (Å²) in [6, 6.07) is 13.9. The summed E-state index contributed by atoms with van der Waals surface area (Å²) in [5.74, 6) is 0.773. The lowest BCUT2D eigenvalue weighted by Gasteiger charge is -2.14. The Morgan fingerprint density at radius 2 is 1.95 bits per heavy atom. The Bertz CT molecular complexity index is 585. The third-order valence-corrected chi connectivity index (χ3v) is 3.11. The van der Waals surface area contributed by atoms with Gasteiger partial charge in [0.25, 0.3) is 0 Å². The van der Waals surface area contributed by atoms with Crippen LogP contribution in [0.1, 0.15) is 12.5 Å². The van der Waals surface area contributed by atoms with E-state index in [9.17, 15) is 0 Å². The first-order chi connectivity index (χ1) is 10.2. The predicted octanol–water partition coefficient (Wildman–Crippen LogP) is 3.60. The summed E-state index contributed by atoms with van der Waals surface area (Å²) in [7, 11) is 1.71. The molecule has 0 amide bonds. The van der Waals surface area contributed by atoms with E-state index in [-0.39, 0.29) is 0 Å². The number of hydrogen-bond donors (Lipinski definition) is 2. The average molecular weight is 286 g/mol. The van der Waals surface area contributed by atoms with Crippen molar-refractivity contribution in [2.24, 2.45) is 0 Å². The van der Waals surface area contributed by atoms with Crippen molar-refractivity contribution < 1.29 is 9.47 Å². The van der Waals surface area contributed by atoms with Crippen LogP contribution in [-0.4, -0.2) is 20.3 Å². The lowest BCUT2D eigenvalue weighted by molar-refractivity contribution is 0.202. The molecule has 3 N–H and O–H groups in total. The number of ether oxygens (including phenoxy) is 2. The van der Waals surface area contributed by atoms with Crippen molar-refractivity contribution >= 4 is 17.1 Å². The number of methoxy groups -OCH3 is 1. The van der Waals surface area contributed by atoms with Crippen LogP contribution in [0.3, 0.4) is 0 Å². The van der Waals surface area contributed by atoms with E-state index >= 15 is 0 Å². The fraction of sp³-hybridized carbons (Fsp3) is 0.294. The van der Waals surface area contributed by atoms with Gasteiger partial charge in [-0.3, -0.25) is 0 Å². The first kappa shape index (κ1) is 15.2. The molecule has 2 rings (SSSR count). The Morgan fingerprint density at radius 3 is 2.71 bits per heavy atom. The number of hydrogen-bond acceptors (Lipinski definition) is 4. The number of anilines is 3. The molecule has 4 heteroatoms. The van der Waals surface area contributed by atoms with Crippen LogP contribution in [0.4, 0.5) is 17.1 Å². The van der Waals surface area contributed by atoms with E-state index in [2.05, 4.69) is 17.4 Å². The molecule has 0 unspecified atom stereocenters. The molecule has 0 saturated carbocycles. The zero-order valence-electron chi connectivity index (χ0n) is 12.6. The number of benzene rings is 2. The molecule has 0 aliphatic rings.